The number of benzene rings is 2. The second-order valence-electron chi connectivity index (χ2n) is 7.58. The van der Waals surface area contributed by atoms with Gasteiger partial charge in [0.15, 0.2) is 5.65 Å². The molecule has 2 aromatic carbocycles. The molecule has 2 aromatic heterocycles. The maximum Gasteiger partial charge on any atom is 0.282 e. The summed E-state index contributed by atoms with van der Waals surface area (Å²) in [5, 5.41) is 4.68. The zero-order chi connectivity index (χ0) is 22.7. The predicted octanol–water partition coefficient (Wildman–Crippen LogP) is 5.45. The first-order valence-electron chi connectivity index (χ1n) is 10.6. The number of hydrogen-bond donors (Lipinski definition) is 0. The summed E-state index contributed by atoms with van der Waals surface area (Å²) in [6.07, 6.45) is 2.03. The van der Waals surface area contributed by atoms with Crippen molar-refractivity contribution in [1.82, 2.24) is 14.2 Å². The second-order valence-corrected chi connectivity index (χ2v) is 8.38. The Bertz CT molecular complexity index is 1280. The number of rotatable bonds is 8. The van der Waals surface area contributed by atoms with Gasteiger partial charge in [-0.2, -0.15) is 9.61 Å². The highest BCUT2D eigenvalue weighted by molar-refractivity contribution is 9.10. The zero-order valence-corrected chi connectivity index (χ0v) is 20.1. The van der Waals surface area contributed by atoms with Gasteiger partial charge in [0, 0.05) is 19.2 Å². The van der Waals surface area contributed by atoms with Crippen LogP contribution >= 0.6 is 15.9 Å². The Hall–Kier alpha value is -2.90. The minimum absolute atomic E-state index is 0.180. The van der Waals surface area contributed by atoms with Crippen molar-refractivity contribution in [2.24, 2.45) is 7.05 Å². The molecule has 2 heterocycles. The molecular weight excluding hydrogens is 470 g/mol. The van der Waals surface area contributed by atoms with Crippen molar-refractivity contribution < 1.29 is 9.47 Å². The van der Waals surface area contributed by atoms with E-state index >= 15 is 0 Å². The summed E-state index contributed by atoms with van der Waals surface area (Å²) in [7, 11) is 3.57. The summed E-state index contributed by atoms with van der Waals surface area (Å²) >= 11 is 3.70. The summed E-state index contributed by atoms with van der Waals surface area (Å²) in [5.41, 5.74) is 4.37. The number of aryl methyl sites for hydroxylation is 1. The molecule has 0 aliphatic rings. The van der Waals surface area contributed by atoms with Crippen LogP contribution in [0.5, 0.6) is 5.75 Å². The monoisotopic (exact) mass is 495 g/mol. The number of aromatic nitrogens is 3. The van der Waals surface area contributed by atoms with Gasteiger partial charge in [0.05, 0.1) is 29.4 Å². The van der Waals surface area contributed by atoms with E-state index in [-0.39, 0.29) is 5.56 Å². The largest absolute Gasteiger partial charge is 0.497 e. The number of methoxy groups -OCH3 is 1. The summed E-state index contributed by atoms with van der Waals surface area (Å²) in [4.78, 5) is 13.7. The molecule has 6 nitrogen and oxygen atoms in total. The normalized spacial score (nSPS) is 11.2. The average Bonchev–Trinajstić information content (AvgIpc) is 3.18. The molecule has 0 N–H and O–H groups in total. The molecule has 0 bridgehead atoms. The molecule has 0 saturated carbocycles. The number of unbranched alkanes of at least 4 members (excludes halogenated alkanes) is 1. The van der Waals surface area contributed by atoms with Crippen LogP contribution in [-0.4, -0.2) is 27.9 Å². The van der Waals surface area contributed by atoms with Gasteiger partial charge >= 0.3 is 0 Å². The van der Waals surface area contributed by atoms with Crippen LogP contribution in [0.15, 0.2) is 63.9 Å². The Morgan fingerprint density at radius 1 is 1.03 bits per heavy atom. The molecule has 0 spiro atoms. The van der Waals surface area contributed by atoms with Gasteiger partial charge in [-0.05, 0) is 40.0 Å². The van der Waals surface area contributed by atoms with E-state index < -0.39 is 0 Å². The number of hydrogen-bond acceptors (Lipinski definition) is 4. The van der Waals surface area contributed by atoms with Crippen molar-refractivity contribution in [2.45, 2.75) is 26.4 Å². The van der Waals surface area contributed by atoms with E-state index in [9.17, 15) is 4.79 Å². The molecule has 166 valence electrons. The summed E-state index contributed by atoms with van der Waals surface area (Å²) < 4.78 is 15.5. The van der Waals surface area contributed by atoms with Crippen molar-refractivity contribution in [3.05, 3.63) is 75.1 Å². The van der Waals surface area contributed by atoms with Gasteiger partial charge in [-0.1, -0.05) is 55.8 Å². The molecular formula is C25H26BrN3O3. The van der Waals surface area contributed by atoms with Crippen LogP contribution < -0.4 is 10.3 Å². The highest BCUT2D eigenvalue weighted by Crippen LogP contribution is 2.32. The fourth-order valence-electron chi connectivity index (χ4n) is 3.76. The van der Waals surface area contributed by atoms with Crippen molar-refractivity contribution in [1.29, 1.82) is 0 Å². The summed E-state index contributed by atoms with van der Waals surface area (Å²) in [5.74, 6) is 0.737. The Kier molecular flexibility index (Phi) is 6.77. The van der Waals surface area contributed by atoms with Crippen LogP contribution in [0.25, 0.3) is 28.0 Å². The van der Waals surface area contributed by atoms with Gasteiger partial charge in [0.2, 0.25) is 0 Å². The van der Waals surface area contributed by atoms with Gasteiger partial charge in [-0.15, -0.1) is 0 Å². The molecule has 0 radical (unpaired) electrons. The van der Waals surface area contributed by atoms with Crippen molar-refractivity contribution >= 4 is 21.6 Å². The molecule has 0 fully saturated rings. The highest BCUT2D eigenvalue weighted by atomic mass is 79.9. The molecule has 0 unspecified atom stereocenters. The van der Waals surface area contributed by atoms with E-state index in [1.165, 1.54) is 4.52 Å². The van der Waals surface area contributed by atoms with E-state index in [1.807, 2.05) is 66.2 Å². The third-order valence-corrected chi connectivity index (χ3v) is 6.26. The van der Waals surface area contributed by atoms with Gasteiger partial charge in [-0.25, -0.2) is 0 Å². The third-order valence-electron chi connectivity index (χ3n) is 5.53. The number of ether oxygens (including phenoxy) is 2. The van der Waals surface area contributed by atoms with Gasteiger partial charge in [0.25, 0.3) is 5.56 Å². The molecule has 0 saturated heterocycles. The van der Waals surface area contributed by atoms with Crippen LogP contribution in [-0.2, 0) is 18.4 Å². The van der Waals surface area contributed by atoms with E-state index in [4.69, 9.17) is 9.47 Å². The molecule has 4 aromatic rings. The lowest BCUT2D eigenvalue weighted by Crippen LogP contribution is -2.24. The highest BCUT2D eigenvalue weighted by Gasteiger charge is 2.23. The quantitative estimate of drug-likeness (QED) is 0.304. The van der Waals surface area contributed by atoms with Crippen LogP contribution in [0.1, 0.15) is 25.5 Å². The van der Waals surface area contributed by atoms with E-state index in [0.717, 1.165) is 45.6 Å². The SMILES string of the molecule is CCCCOCc1c(-c2ccc(OC)cc2)c(=O)n2nc(-c3ccccc3)c(Br)c2n1C. The minimum Gasteiger partial charge on any atom is -0.497 e. The van der Waals surface area contributed by atoms with E-state index in [1.54, 1.807) is 7.11 Å². The van der Waals surface area contributed by atoms with Gasteiger partial charge < -0.3 is 14.0 Å². The standard InChI is InChI=1S/C25H26BrN3O3/c1-4-5-15-32-16-20-21(17-11-13-19(31-3)14-12-17)25(30)29-24(28(20)2)22(26)23(27-29)18-9-7-6-8-10-18/h6-14H,4-5,15-16H2,1-3H3. The Morgan fingerprint density at radius 3 is 2.41 bits per heavy atom. The first-order valence-corrected chi connectivity index (χ1v) is 11.4. The number of nitrogens with zero attached hydrogens (tertiary/aromatic N) is 3. The first-order chi connectivity index (χ1) is 15.6. The Morgan fingerprint density at radius 2 is 1.75 bits per heavy atom. The van der Waals surface area contributed by atoms with Crippen LogP contribution in [0, 0.1) is 0 Å². The molecule has 4 rings (SSSR count). The van der Waals surface area contributed by atoms with E-state index in [2.05, 4.69) is 28.0 Å². The van der Waals surface area contributed by atoms with Crippen molar-refractivity contribution in [2.75, 3.05) is 13.7 Å². The number of fused-ring (bicyclic) bond motifs is 1. The maximum atomic E-state index is 13.7. The topological polar surface area (TPSA) is 57.8 Å². The first kappa shape index (κ1) is 22.3. The summed E-state index contributed by atoms with van der Waals surface area (Å²) in [6, 6.07) is 17.3. The maximum absolute atomic E-state index is 13.7. The van der Waals surface area contributed by atoms with Gasteiger partial charge in [0.1, 0.15) is 11.4 Å². The van der Waals surface area contributed by atoms with Crippen LogP contribution in [0.3, 0.4) is 0 Å². The summed E-state index contributed by atoms with van der Waals surface area (Å²) in [6.45, 7) is 3.11. The van der Waals surface area contributed by atoms with Crippen molar-refractivity contribution in [3.63, 3.8) is 0 Å². The van der Waals surface area contributed by atoms with E-state index in [0.29, 0.717) is 24.4 Å². The Balaban J connectivity index is 1.95. The lowest BCUT2D eigenvalue weighted by molar-refractivity contribution is 0.114. The fourth-order valence-corrected chi connectivity index (χ4v) is 4.50. The molecule has 0 amide bonds. The van der Waals surface area contributed by atoms with Crippen molar-refractivity contribution in [3.8, 4) is 28.1 Å². The fraction of sp³-hybridized carbons (Fsp3) is 0.280. The molecule has 0 aliphatic heterocycles. The van der Waals surface area contributed by atoms with Crippen LogP contribution in [0.4, 0.5) is 0 Å². The second kappa shape index (κ2) is 9.71. The van der Waals surface area contributed by atoms with Crippen LogP contribution in [0.2, 0.25) is 0 Å². The number of halogens is 1. The third kappa shape index (κ3) is 4.10. The lowest BCUT2D eigenvalue weighted by atomic mass is 10.0. The predicted molar refractivity (Wildman–Crippen MR) is 130 cm³/mol. The zero-order valence-electron chi connectivity index (χ0n) is 18.5. The molecule has 32 heavy (non-hydrogen) atoms. The van der Waals surface area contributed by atoms with Gasteiger partial charge in [-0.3, -0.25) is 4.79 Å². The average molecular weight is 496 g/mol. The molecule has 0 atom stereocenters. The lowest BCUT2D eigenvalue weighted by Gasteiger charge is -2.17. The molecule has 7 heteroatoms. The Labute approximate surface area is 195 Å². The smallest absolute Gasteiger partial charge is 0.282 e. The molecule has 0 aliphatic carbocycles. The minimum atomic E-state index is -0.180.